The molecule has 0 fully saturated rings. The van der Waals surface area contributed by atoms with Crippen molar-refractivity contribution in [2.75, 3.05) is 11.5 Å². The van der Waals surface area contributed by atoms with Gasteiger partial charge in [0, 0.05) is 6.42 Å². The predicted molar refractivity (Wildman–Crippen MR) is 67.8 cm³/mol. The van der Waals surface area contributed by atoms with Crippen molar-refractivity contribution in [3.63, 3.8) is 0 Å². The van der Waals surface area contributed by atoms with Crippen molar-refractivity contribution in [2.24, 2.45) is 10.8 Å². The molecule has 0 spiro atoms. The van der Waals surface area contributed by atoms with E-state index in [4.69, 9.17) is 5.11 Å². The van der Waals surface area contributed by atoms with Gasteiger partial charge in [-0.1, -0.05) is 20.8 Å². The highest BCUT2D eigenvalue weighted by Crippen LogP contribution is 2.24. The molecule has 0 aromatic carbocycles. The van der Waals surface area contributed by atoms with Gasteiger partial charge in [0.05, 0.1) is 11.2 Å². The van der Waals surface area contributed by atoms with Crippen molar-refractivity contribution in [3.05, 3.63) is 0 Å². The fraction of sp³-hybridized carbons (Fsp3) is 0.833. The second-order valence-electron chi connectivity index (χ2n) is 5.96. The van der Waals surface area contributed by atoms with Crippen LogP contribution < -0.4 is 0 Å². The summed E-state index contributed by atoms with van der Waals surface area (Å²) in [5.41, 5.74) is -0.743. The highest BCUT2D eigenvalue weighted by atomic mass is 32.2. The van der Waals surface area contributed by atoms with Crippen molar-refractivity contribution < 1.29 is 14.7 Å². The number of hydrogen-bond acceptors (Lipinski definition) is 3. The van der Waals surface area contributed by atoms with E-state index in [-0.39, 0.29) is 17.6 Å². The lowest BCUT2D eigenvalue weighted by atomic mass is 9.88. The molecule has 94 valence electrons. The molecule has 3 nitrogen and oxygen atoms in total. The Labute approximate surface area is 102 Å². The third kappa shape index (κ3) is 6.88. The van der Waals surface area contributed by atoms with E-state index in [2.05, 4.69) is 20.8 Å². The van der Waals surface area contributed by atoms with Crippen LogP contribution in [0.4, 0.5) is 0 Å². The quantitative estimate of drug-likeness (QED) is 0.783. The number of carbonyl (C=O) groups is 2. The highest BCUT2D eigenvalue weighted by Gasteiger charge is 2.29. The summed E-state index contributed by atoms with van der Waals surface area (Å²) in [5.74, 6) is 0.420. The first-order valence-corrected chi connectivity index (χ1v) is 6.53. The van der Waals surface area contributed by atoms with Gasteiger partial charge in [-0.15, -0.1) is 0 Å². The summed E-state index contributed by atoms with van der Waals surface area (Å²) >= 11 is 1.58. The summed E-state index contributed by atoms with van der Waals surface area (Å²) in [5, 5.41) is 8.89. The average Bonchev–Trinajstić information content (AvgIpc) is 1.99. The zero-order valence-corrected chi connectivity index (χ0v) is 11.6. The van der Waals surface area contributed by atoms with Crippen LogP contribution in [-0.2, 0) is 9.59 Å². The normalized spacial score (nSPS) is 12.6. The van der Waals surface area contributed by atoms with E-state index in [1.165, 1.54) is 0 Å². The van der Waals surface area contributed by atoms with E-state index in [1.807, 2.05) is 0 Å². The zero-order valence-electron chi connectivity index (χ0n) is 10.8. The van der Waals surface area contributed by atoms with Crippen molar-refractivity contribution in [1.29, 1.82) is 0 Å². The van der Waals surface area contributed by atoms with E-state index in [1.54, 1.807) is 25.6 Å². The van der Waals surface area contributed by atoms with Crippen LogP contribution in [-0.4, -0.2) is 28.4 Å². The molecule has 0 unspecified atom stereocenters. The molecule has 4 heteroatoms. The maximum absolute atomic E-state index is 11.6. The number of carbonyl (C=O) groups excluding carboxylic acids is 1. The third-order valence-corrected chi connectivity index (χ3v) is 3.61. The fourth-order valence-corrected chi connectivity index (χ4v) is 2.13. The van der Waals surface area contributed by atoms with Gasteiger partial charge < -0.3 is 5.11 Å². The monoisotopic (exact) mass is 246 g/mol. The van der Waals surface area contributed by atoms with Gasteiger partial charge in [0.2, 0.25) is 0 Å². The van der Waals surface area contributed by atoms with Gasteiger partial charge in [-0.05, 0) is 25.0 Å². The van der Waals surface area contributed by atoms with Gasteiger partial charge >= 0.3 is 5.97 Å². The van der Waals surface area contributed by atoms with Gasteiger partial charge in [0.15, 0.2) is 0 Å². The predicted octanol–water partition coefficient (Wildman–Crippen LogP) is 2.84. The summed E-state index contributed by atoms with van der Waals surface area (Å²) in [7, 11) is 0. The summed E-state index contributed by atoms with van der Waals surface area (Å²) in [6.45, 7) is 9.52. The maximum atomic E-state index is 11.6. The van der Waals surface area contributed by atoms with Crippen LogP contribution in [0.1, 0.15) is 41.0 Å². The lowest BCUT2D eigenvalue weighted by Crippen LogP contribution is -2.27. The molecule has 0 heterocycles. The number of carboxylic acid groups (broad SMARTS) is 1. The van der Waals surface area contributed by atoms with E-state index < -0.39 is 11.4 Å². The Bertz CT molecular complexity index is 264. The van der Waals surface area contributed by atoms with E-state index in [0.717, 1.165) is 5.75 Å². The molecule has 0 aromatic rings. The molecule has 1 N–H and O–H groups in total. The Morgan fingerprint density at radius 3 is 2.00 bits per heavy atom. The number of rotatable bonds is 6. The fourth-order valence-electron chi connectivity index (χ4n) is 1.09. The molecular formula is C12H22O3S. The van der Waals surface area contributed by atoms with E-state index >= 15 is 0 Å². The molecule has 0 aliphatic heterocycles. The molecule has 0 amide bonds. The molecule has 0 aliphatic rings. The molecule has 0 aromatic heterocycles. The van der Waals surface area contributed by atoms with Crippen molar-refractivity contribution in [1.82, 2.24) is 0 Å². The molecular weight excluding hydrogens is 224 g/mol. The largest absolute Gasteiger partial charge is 0.481 e. The zero-order chi connectivity index (χ0) is 13.0. The SMILES string of the molecule is CC(C)(C)CSCC(=O)CC(C)(C)C(=O)O. The Hall–Kier alpha value is -0.510. The molecule has 0 saturated heterocycles. The third-order valence-electron chi connectivity index (χ3n) is 2.02. The number of Topliss-reactive ketones (excluding diaryl/α,β-unsaturated/α-hetero) is 1. The first-order valence-electron chi connectivity index (χ1n) is 5.37. The van der Waals surface area contributed by atoms with E-state index in [9.17, 15) is 9.59 Å². The summed E-state index contributed by atoms with van der Waals surface area (Å²) in [4.78, 5) is 22.4. The van der Waals surface area contributed by atoms with Crippen LogP contribution in [0.15, 0.2) is 0 Å². The molecule has 0 saturated carbocycles. The standard InChI is InChI=1S/C12H22O3S/c1-11(2,3)8-16-7-9(13)6-12(4,5)10(14)15/h6-8H2,1-5H3,(H,14,15). The minimum atomic E-state index is -0.945. The van der Waals surface area contributed by atoms with Crippen LogP contribution in [0, 0.1) is 10.8 Å². The van der Waals surface area contributed by atoms with Crippen LogP contribution in [0.25, 0.3) is 0 Å². The summed E-state index contributed by atoms with van der Waals surface area (Å²) in [6, 6.07) is 0. The Morgan fingerprint density at radius 1 is 1.12 bits per heavy atom. The summed E-state index contributed by atoms with van der Waals surface area (Å²) < 4.78 is 0. The smallest absolute Gasteiger partial charge is 0.309 e. The van der Waals surface area contributed by atoms with Crippen LogP contribution in [0.2, 0.25) is 0 Å². The topological polar surface area (TPSA) is 54.4 Å². The number of carboxylic acids is 1. The Kier molecular flexibility index (Phi) is 5.53. The molecule has 0 atom stereocenters. The number of thioether (sulfide) groups is 1. The van der Waals surface area contributed by atoms with Gasteiger partial charge in [-0.25, -0.2) is 0 Å². The second-order valence-corrected chi connectivity index (χ2v) is 6.94. The molecule has 0 bridgehead atoms. The van der Waals surface area contributed by atoms with Crippen LogP contribution in [0.3, 0.4) is 0 Å². The van der Waals surface area contributed by atoms with Gasteiger partial charge in [0.1, 0.15) is 5.78 Å². The van der Waals surface area contributed by atoms with Gasteiger partial charge in [-0.3, -0.25) is 9.59 Å². The van der Waals surface area contributed by atoms with Crippen molar-refractivity contribution in [3.8, 4) is 0 Å². The lowest BCUT2D eigenvalue weighted by molar-refractivity contribution is -0.149. The van der Waals surface area contributed by atoms with Crippen molar-refractivity contribution >= 4 is 23.5 Å². The molecule has 0 aliphatic carbocycles. The molecule has 16 heavy (non-hydrogen) atoms. The number of aliphatic carboxylic acids is 1. The van der Waals surface area contributed by atoms with Crippen LogP contribution in [0.5, 0.6) is 0 Å². The number of hydrogen-bond donors (Lipinski definition) is 1. The van der Waals surface area contributed by atoms with E-state index in [0.29, 0.717) is 5.75 Å². The Balaban J connectivity index is 3.97. The minimum Gasteiger partial charge on any atom is -0.481 e. The number of ketones is 1. The summed E-state index contributed by atoms with van der Waals surface area (Å²) in [6.07, 6.45) is 0.111. The highest BCUT2D eigenvalue weighted by molar-refractivity contribution is 7.99. The minimum absolute atomic E-state index is 0.0154. The average molecular weight is 246 g/mol. The Morgan fingerprint density at radius 2 is 1.62 bits per heavy atom. The first kappa shape index (κ1) is 15.5. The molecule has 0 rings (SSSR count). The van der Waals surface area contributed by atoms with Crippen molar-refractivity contribution in [2.45, 2.75) is 41.0 Å². The second kappa shape index (κ2) is 5.71. The molecule has 0 radical (unpaired) electrons. The maximum Gasteiger partial charge on any atom is 0.309 e. The van der Waals surface area contributed by atoms with Crippen LogP contribution >= 0.6 is 11.8 Å². The lowest BCUT2D eigenvalue weighted by Gasteiger charge is -2.19. The van der Waals surface area contributed by atoms with Gasteiger partial charge in [-0.2, -0.15) is 11.8 Å². The van der Waals surface area contributed by atoms with Gasteiger partial charge in [0.25, 0.3) is 0 Å². The first-order chi connectivity index (χ1) is 7.04.